The Morgan fingerprint density at radius 2 is 1.54 bits per heavy atom. The van der Waals surface area contributed by atoms with Gasteiger partial charge in [-0.25, -0.2) is 18.2 Å². The molecule has 0 saturated heterocycles. The number of rotatable bonds is 5. The molecule has 7 nitrogen and oxygen atoms in total. The number of anilines is 3. The van der Waals surface area contributed by atoms with Gasteiger partial charge in [0.1, 0.15) is 0 Å². The van der Waals surface area contributed by atoms with Crippen molar-refractivity contribution in [2.75, 3.05) is 15.4 Å². The Labute approximate surface area is 155 Å². The molecule has 0 aliphatic rings. The number of carbonyl (C=O) groups is 1. The lowest BCUT2D eigenvalue weighted by Crippen LogP contribution is -2.19. The lowest BCUT2D eigenvalue weighted by Gasteiger charge is -2.09. The Morgan fingerprint density at radius 1 is 0.962 bits per heavy atom. The molecule has 3 N–H and O–H groups in total. The summed E-state index contributed by atoms with van der Waals surface area (Å²) in [6, 6.07) is 12.8. The molecule has 1 heterocycles. The topological polar surface area (TPSA) is 100 Å². The van der Waals surface area contributed by atoms with Crippen molar-refractivity contribution in [3.05, 3.63) is 65.7 Å². The minimum atomic E-state index is -3.71. The average Bonchev–Trinajstić information content (AvgIpc) is 3.09. The Bertz CT molecular complexity index is 984. The summed E-state index contributed by atoms with van der Waals surface area (Å²) >= 11 is 1.19. The van der Waals surface area contributed by atoms with Crippen LogP contribution in [0.4, 0.5) is 21.3 Å². The van der Waals surface area contributed by atoms with Crippen LogP contribution in [0.3, 0.4) is 0 Å². The molecule has 0 bridgehead atoms. The number of sulfonamides is 1. The van der Waals surface area contributed by atoms with Gasteiger partial charge in [-0.05, 0) is 43.3 Å². The summed E-state index contributed by atoms with van der Waals surface area (Å²) < 4.78 is 26.9. The molecule has 0 atom stereocenters. The third kappa shape index (κ3) is 4.58. The first kappa shape index (κ1) is 17.9. The van der Waals surface area contributed by atoms with Crippen LogP contribution in [0.1, 0.15) is 5.56 Å². The first-order chi connectivity index (χ1) is 12.4. The second-order valence-electron chi connectivity index (χ2n) is 5.41. The molecule has 2 amide bonds. The Morgan fingerprint density at radius 3 is 2.08 bits per heavy atom. The van der Waals surface area contributed by atoms with E-state index in [1.54, 1.807) is 17.5 Å². The molecule has 0 aliphatic carbocycles. The van der Waals surface area contributed by atoms with E-state index in [9.17, 15) is 13.2 Å². The van der Waals surface area contributed by atoms with Gasteiger partial charge in [0, 0.05) is 23.0 Å². The number of hydrogen-bond donors (Lipinski definition) is 3. The molecule has 0 spiro atoms. The highest BCUT2D eigenvalue weighted by Gasteiger charge is 2.15. The SMILES string of the molecule is Cc1ccc(NC(=O)Nc2ccc(S(=O)(=O)Nc3nccs3)cc2)cc1. The fourth-order valence-electron chi connectivity index (χ4n) is 2.10. The quantitative estimate of drug-likeness (QED) is 0.617. The smallest absolute Gasteiger partial charge is 0.308 e. The third-order valence-corrected chi connectivity index (χ3v) is 5.56. The summed E-state index contributed by atoms with van der Waals surface area (Å²) in [5.41, 5.74) is 2.24. The van der Waals surface area contributed by atoms with Gasteiger partial charge in [-0.15, -0.1) is 11.3 Å². The van der Waals surface area contributed by atoms with Crippen molar-refractivity contribution in [2.45, 2.75) is 11.8 Å². The molecule has 2 aromatic carbocycles. The molecule has 0 radical (unpaired) electrons. The van der Waals surface area contributed by atoms with Crippen LogP contribution in [0.2, 0.25) is 0 Å². The first-order valence-corrected chi connectivity index (χ1v) is 9.96. The van der Waals surface area contributed by atoms with Crippen LogP contribution in [-0.2, 0) is 10.0 Å². The molecule has 1 aromatic heterocycles. The molecule has 9 heteroatoms. The summed E-state index contributed by atoms with van der Waals surface area (Å²) in [6.45, 7) is 1.96. The minimum absolute atomic E-state index is 0.0807. The normalized spacial score (nSPS) is 11.0. The number of nitrogens with zero attached hydrogens (tertiary/aromatic N) is 1. The van der Waals surface area contributed by atoms with Crippen LogP contribution in [0, 0.1) is 6.92 Å². The van der Waals surface area contributed by atoms with E-state index in [0.717, 1.165) is 5.56 Å². The van der Waals surface area contributed by atoms with Crippen LogP contribution in [0.25, 0.3) is 0 Å². The summed E-state index contributed by atoms with van der Waals surface area (Å²) in [5, 5.41) is 7.33. The highest BCUT2D eigenvalue weighted by atomic mass is 32.2. The number of carbonyl (C=O) groups excluding carboxylic acids is 1. The van der Waals surface area contributed by atoms with Gasteiger partial charge in [0.15, 0.2) is 5.13 Å². The molecule has 26 heavy (non-hydrogen) atoms. The monoisotopic (exact) mass is 388 g/mol. The zero-order valence-electron chi connectivity index (χ0n) is 13.8. The van der Waals surface area contributed by atoms with Crippen LogP contribution in [0.5, 0.6) is 0 Å². The molecular formula is C17H16N4O3S2. The van der Waals surface area contributed by atoms with Crippen molar-refractivity contribution >= 4 is 43.9 Å². The fraction of sp³-hybridized carbons (Fsp3) is 0.0588. The summed E-state index contributed by atoms with van der Waals surface area (Å²) in [4.78, 5) is 16.0. The number of benzene rings is 2. The number of aryl methyl sites for hydroxylation is 1. The van der Waals surface area contributed by atoms with E-state index in [4.69, 9.17) is 0 Å². The molecule has 0 unspecified atom stereocenters. The van der Waals surface area contributed by atoms with Crippen LogP contribution in [-0.4, -0.2) is 19.4 Å². The van der Waals surface area contributed by atoms with Gasteiger partial charge in [0.05, 0.1) is 4.90 Å². The number of hydrogen-bond acceptors (Lipinski definition) is 5. The van der Waals surface area contributed by atoms with Gasteiger partial charge in [-0.3, -0.25) is 4.72 Å². The predicted octanol–water partition coefficient (Wildman–Crippen LogP) is 3.90. The number of urea groups is 1. The van der Waals surface area contributed by atoms with E-state index in [2.05, 4.69) is 20.3 Å². The minimum Gasteiger partial charge on any atom is -0.308 e. The van der Waals surface area contributed by atoms with E-state index in [0.29, 0.717) is 16.5 Å². The van der Waals surface area contributed by atoms with Crippen LogP contribution >= 0.6 is 11.3 Å². The zero-order chi connectivity index (χ0) is 18.6. The maximum Gasteiger partial charge on any atom is 0.323 e. The average molecular weight is 388 g/mol. The van der Waals surface area contributed by atoms with E-state index < -0.39 is 16.1 Å². The van der Waals surface area contributed by atoms with Gasteiger partial charge >= 0.3 is 6.03 Å². The molecular weight excluding hydrogens is 372 g/mol. The summed E-state index contributed by atoms with van der Waals surface area (Å²) in [6.07, 6.45) is 1.52. The van der Waals surface area contributed by atoms with E-state index in [1.807, 2.05) is 19.1 Å². The number of aromatic nitrogens is 1. The predicted molar refractivity (Wildman–Crippen MR) is 103 cm³/mol. The summed E-state index contributed by atoms with van der Waals surface area (Å²) in [5.74, 6) is 0. The Kier molecular flexibility index (Phi) is 5.19. The Hall–Kier alpha value is -2.91. The molecule has 134 valence electrons. The van der Waals surface area contributed by atoms with Crippen molar-refractivity contribution in [3.63, 3.8) is 0 Å². The maximum absolute atomic E-state index is 12.3. The van der Waals surface area contributed by atoms with E-state index in [-0.39, 0.29) is 4.90 Å². The van der Waals surface area contributed by atoms with Crippen molar-refractivity contribution in [3.8, 4) is 0 Å². The van der Waals surface area contributed by atoms with Gasteiger partial charge in [0.25, 0.3) is 10.0 Å². The van der Waals surface area contributed by atoms with Crippen molar-refractivity contribution in [1.82, 2.24) is 4.98 Å². The fourth-order valence-corrected chi connectivity index (χ4v) is 3.88. The first-order valence-electron chi connectivity index (χ1n) is 7.59. The van der Waals surface area contributed by atoms with Gasteiger partial charge < -0.3 is 10.6 Å². The van der Waals surface area contributed by atoms with Crippen LogP contribution < -0.4 is 15.4 Å². The second kappa shape index (κ2) is 7.54. The molecule has 0 fully saturated rings. The second-order valence-corrected chi connectivity index (χ2v) is 7.99. The summed E-state index contributed by atoms with van der Waals surface area (Å²) in [7, 11) is -3.71. The Balaban J connectivity index is 1.63. The molecule has 3 aromatic rings. The number of amides is 2. The molecule has 0 saturated carbocycles. The lowest BCUT2D eigenvalue weighted by molar-refractivity contribution is 0.262. The standard InChI is InChI=1S/C17H16N4O3S2/c1-12-2-4-13(5-3-12)19-16(22)20-14-6-8-15(9-7-14)26(23,24)21-17-18-10-11-25-17/h2-11H,1H3,(H,18,21)(H2,19,20,22). The number of thiazole rings is 1. The highest BCUT2D eigenvalue weighted by Crippen LogP contribution is 2.19. The van der Waals surface area contributed by atoms with Gasteiger partial charge in [-0.2, -0.15) is 0 Å². The largest absolute Gasteiger partial charge is 0.323 e. The van der Waals surface area contributed by atoms with Gasteiger partial charge in [0.2, 0.25) is 0 Å². The van der Waals surface area contributed by atoms with Crippen LogP contribution in [0.15, 0.2) is 65.0 Å². The maximum atomic E-state index is 12.3. The lowest BCUT2D eigenvalue weighted by atomic mass is 10.2. The highest BCUT2D eigenvalue weighted by molar-refractivity contribution is 7.93. The zero-order valence-corrected chi connectivity index (χ0v) is 15.4. The van der Waals surface area contributed by atoms with Crippen molar-refractivity contribution in [1.29, 1.82) is 0 Å². The van der Waals surface area contributed by atoms with Gasteiger partial charge in [-0.1, -0.05) is 17.7 Å². The molecule has 3 rings (SSSR count). The number of nitrogens with one attached hydrogen (secondary N) is 3. The third-order valence-electron chi connectivity index (χ3n) is 3.39. The van der Waals surface area contributed by atoms with Crippen molar-refractivity contribution < 1.29 is 13.2 Å². The van der Waals surface area contributed by atoms with E-state index in [1.165, 1.54) is 41.8 Å². The van der Waals surface area contributed by atoms with E-state index >= 15 is 0 Å². The van der Waals surface area contributed by atoms with Crippen molar-refractivity contribution in [2.24, 2.45) is 0 Å². The molecule has 0 aliphatic heterocycles.